The van der Waals surface area contributed by atoms with Gasteiger partial charge in [0.15, 0.2) is 0 Å². The molecule has 1 aliphatic rings. The minimum absolute atomic E-state index is 0.138. The molecule has 3 aromatic heterocycles. The fourth-order valence-corrected chi connectivity index (χ4v) is 6.11. The molecule has 1 aliphatic carbocycles. The van der Waals surface area contributed by atoms with E-state index in [2.05, 4.69) is 4.98 Å². The van der Waals surface area contributed by atoms with Crippen LogP contribution in [0.25, 0.3) is 21.3 Å². The third kappa shape index (κ3) is 5.45. The summed E-state index contributed by atoms with van der Waals surface area (Å²) in [5.41, 5.74) is 1.52. The zero-order valence-corrected chi connectivity index (χ0v) is 21.4. The molecule has 0 unspecified atom stereocenters. The van der Waals surface area contributed by atoms with Gasteiger partial charge in [-0.05, 0) is 62.4 Å². The number of benzene rings is 1. The first-order valence-electron chi connectivity index (χ1n) is 11.8. The minimum atomic E-state index is -4.59. The molecule has 194 valence electrons. The van der Waals surface area contributed by atoms with E-state index in [0.29, 0.717) is 20.0 Å². The summed E-state index contributed by atoms with van der Waals surface area (Å²) < 4.78 is 47.1. The van der Waals surface area contributed by atoms with Crippen molar-refractivity contribution >= 4 is 33.2 Å². The highest BCUT2D eigenvalue weighted by molar-refractivity contribution is 7.19. The number of pyridine rings is 1. The lowest BCUT2D eigenvalue weighted by atomic mass is 10.0. The summed E-state index contributed by atoms with van der Waals surface area (Å²) in [5, 5.41) is 0.564. The quantitative estimate of drug-likeness (QED) is 0.288. The van der Waals surface area contributed by atoms with E-state index in [4.69, 9.17) is 16.3 Å². The van der Waals surface area contributed by atoms with Crippen LogP contribution in [0.15, 0.2) is 52.3 Å². The van der Waals surface area contributed by atoms with E-state index >= 15 is 0 Å². The van der Waals surface area contributed by atoms with Crippen molar-refractivity contribution in [1.29, 1.82) is 0 Å². The van der Waals surface area contributed by atoms with Gasteiger partial charge in [0.05, 0.1) is 22.9 Å². The zero-order valence-electron chi connectivity index (χ0n) is 19.8. The fraction of sp³-hybridized carbons (Fsp3) is 0.346. The van der Waals surface area contributed by atoms with E-state index in [1.165, 1.54) is 11.3 Å². The number of hydrogen-bond acceptors (Lipinski definition) is 5. The summed E-state index contributed by atoms with van der Waals surface area (Å²) in [6, 6.07) is 8.28. The molecule has 0 atom stereocenters. The number of rotatable bonds is 6. The molecule has 37 heavy (non-hydrogen) atoms. The van der Waals surface area contributed by atoms with Crippen LogP contribution in [0.3, 0.4) is 0 Å². The Bertz CT molecular complexity index is 1590. The molecular weight excluding hydrogens is 527 g/mol. The van der Waals surface area contributed by atoms with Gasteiger partial charge >= 0.3 is 11.9 Å². The van der Waals surface area contributed by atoms with Gasteiger partial charge in [-0.2, -0.15) is 13.2 Å². The van der Waals surface area contributed by atoms with Gasteiger partial charge in [0.2, 0.25) is 0 Å². The number of ether oxygens (including phenoxy) is 1. The lowest BCUT2D eigenvalue weighted by Crippen LogP contribution is -2.41. The van der Waals surface area contributed by atoms with Crippen LogP contribution in [0.5, 0.6) is 5.75 Å². The Morgan fingerprint density at radius 1 is 1.14 bits per heavy atom. The van der Waals surface area contributed by atoms with Crippen LogP contribution in [0.4, 0.5) is 13.2 Å². The number of alkyl halides is 3. The number of aromatic nitrogens is 3. The lowest BCUT2D eigenvalue weighted by Gasteiger charge is -2.19. The Kier molecular flexibility index (Phi) is 6.89. The van der Waals surface area contributed by atoms with Crippen LogP contribution in [-0.2, 0) is 13.1 Å². The maximum absolute atomic E-state index is 12.9. The van der Waals surface area contributed by atoms with E-state index in [1.807, 2.05) is 25.1 Å². The fourth-order valence-electron chi connectivity index (χ4n) is 4.71. The predicted molar refractivity (Wildman–Crippen MR) is 138 cm³/mol. The third-order valence-corrected chi connectivity index (χ3v) is 7.74. The molecule has 4 aromatic rings. The first-order chi connectivity index (χ1) is 17.6. The molecule has 1 fully saturated rings. The average molecular weight is 550 g/mol. The van der Waals surface area contributed by atoms with E-state index < -0.39 is 24.0 Å². The van der Waals surface area contributed by atoms with E-state index in [0.717, 1.165) is 69.7 Å². The van der Waals surface area contributed by atoms with Gasteiger partial charge < -0.3 is 4.74 Å². The van der Waals surface area contributed by atoms with Crippen molar-refractivity contribution in [2.75, 3.05) is 0 Å². The number of halogens is 4. The van der Waals surface area contributed by atoms with Gasteiger partial charge in [-0.25, -0.2) is 4.79 Å². The number of fused-ring (bicyclic) bond motifs is 1. The van der Waals surface area contributed by atoms with Crippen LogP contribution >= 0.6 is 22.9 Å². The molecule has 0 bridgehead atoms. The van der Waals surface area contributed by atoms with Gasteiger partial charge in [-0.15, -0.1) is 11.3 Å². The SMILES string of the molecule is Cc1cc(Cl)cc(-c2ccnc3cc(Cn4c(=O)ccn(CC(F)(F)F)c4=O)sc23)c1OC1CCCC1. The van der Waals surface area contributed by atoms with Gasteiger partial charge in [-0.3, -0.25) is 18.9 Å². The van der Waals surface area contributed by atoms with Crippen molar-refractivity contribution in [3.8, 4) is 16.9 Å². The summed E-state index contributed by atoms with van der Waals surface area (Å²) in [6.07, 6.45) is 2.33. The van der Waals surface area contributed by atoms with Crippen molar-refractivity contribution in [2.45, 2.75) is 58.0 Å². The minimum Gasteiger partial charge on any atom is -0.490 e. The van der Waals surface area contributed by atoms with Crippen molar-refractivity contribution in [1.82, 2.24) is 14.1 Å². The van der Waals surface area contributed by atoms with Gasteiger partial charge in [0, 0.05) is 39.5 Å². The van der Waals surface area contributed by atoms with Crippen LogP contribution in [0.2, 0.25) is 5.02 Å². The summed E-state index contributed by atoms with van der Waals surface area (Å²) in [5.74, 6) is 0.757. The molecule has 0 N–H and O–H groups in total. The topological polar surface area (TPSA) is 66.1 Å². The average Bonchev–Trinajstić information content (AvgIpc) is 3.48. The molecule has 0 amide bonds. The lowest BCUT2D eigenvalue weighted by molar-refractivity contribution is -0.141. The first-order valence-corrected chi connectivity index (χ1v) is 13.0. The summed E-state index contributed by atoms with van der Waals surface area (Å²) in [4.78, 5) is 30.1. The molecule has 1 aromatic carbocycles. The molecule has 11 heteroatoms. The number of hydrogen-bond donors (Lipinski definition) is 0. The van der Waals surface area contributed by atoms with Gasteiger partial charge in [-0.1, -0.05) is 11.6 Å². The predicted octanol–water partition coefficient (Wildman–Crippen LogP) is 6.18. The largest absolute Gasteiger partial charge is 0.490 e. The Hall–Kier alpha value is -3.11. The van der Waals surface area contributed by atoms with Crippen molar-refractivity contribution in [2.24, 2.45) is 0 Å². The molecule has 0 aliphatic heterocycles. The Morgan fingerprint density at radius 2 is 1.89 bits per heavy atom. The highest BCUT2D eigenvalue weighted by atomic mass is 35.5. The smallest absolute Gasteiger partial charge is 0.406 e. The standard InChI is InChI=1S/C26H23ClF3N3O3S/c1-15-10-16(27)11-20(23(15)36-17-4-2-3-5-17)19-6-8-31-21-12-18(37-24(19)21)13-33-22(34)7-9-32(25(33)35)14-26(28,29)30/h6-12,17H,2-5,13-14H2,1H3. The van der Waals surface area contributed by atoms with Crippen LogP contribution in [0.1, 0.15) is 36.1 Å². The molecule has 0 radical (unpaired) electrons. The summed E-state index contributed by atoms with van der Waals surface area (Å²) in [7, 11) is 0. The molecule has 5 rings (SSSR count). The normalized spacial score (nSPS) is 14.5. The van der Waals surface area contributed by atoms with Gasteiger partial charge in [0.1, 0.15) is 12.3 Å². The van der Waals surface area contributed by atoms with Crippen LogP contribution in [-0.4, -0.2) is 26.4 Å². The maximum Gasteiger partial charge on any atom is 0.406 e. The second-order valence-electron chi connectivity index (χ2n) is 9.18. The van der Waals surface area contributed by atoms with E-state index in [-0.39, 0.29) is 12.6 Å². The highest BCUT2D eigenvalue weighted by Crippen LogP contribution is 2.42. The maximum atomic E-state index is 12.9. The van der Waals surface area contributed by atoms with Crippen molar-refractivity contribution in [3.05, 3.63) is 79.0 Å². The monoisotopic (exact) mass is 549 g/mol. The molecule has 1 saturated carbocycles. The van der Waals surface area contributed by atoms with Gasteiger partial charge in [0.25, 0.3) is 5.56 Å². The second kappa shape index (κ2) is 9.98. The van der Waals surface area contributed by atoms with E-state index in [9.17, 15) is 22.8 Å². The van der Waals surface area contributed by atoms with Crippen LogP contribution < -0.4 is 16.0 Å². The number of aryl methyl sites for hydroxylation is 1. The molecule has 0 spiro atoms. The Morgan fingerprint density at radius 3 is 2.62 bits per heavy atom. The molecular formula is C26H23ClF3N3O3S. The highest BCUT2D eigenvalue weighted by Gasteiger charge is 2.29. The second-order valence-corrected chi connectivity index (χ2v) is 10.7. The van der Waals surface area contributed by atoms with Crippen molar-refractivity contribution in [3.63, 3.8) is 0 Å². The summed E-state index contributed by atoms with van der Waals surface area (Å²) >= 11 is 7.75. The molecule has 6 nitrogen and oxygen atoms in total. The van der Waals surface area contributed by atoms with Crippen molar-refractivity contribution < 1.29 is 17.9 Å². The zero-order chi connectivity index (χ0) is 26.3. The molecule has 3 heterocycles. The number of nitrogens with zero attached hydrogens (tertiary/aromatic N) is 3. The first kappa shape index (κ1) is 25.5. The Balaban J connectivity index is 1.56. The van der Waals surface area contributed by atoms with E-state index in [1.54, 1.807) is 12.3 Å². The third-order valence-electron chi connectivity index (χ3n) is 6.38. The number of thiophene rings is 1. The summed E-state index contributed by atoms with van der Waals surface area (Å²) in [6.45, 7) is 0.310. The Labute approximate surface area is 218 Å². The van der Waals surface area contributed by atoms with Crippen LogP contribution in [0, 0.1) is 6.92 Å². The molecule has 0 saturated heterocycles.